The lowest BCUT2D eigenvalue weighted by Crippen LogP contribution is -2.36. The van der Waals surface area contributed by atoms with E-state index in [1.54, 1.807) is 0 Å². The molecule has 11 heteroatoms. The summed E-state index contributed by atoms with van der Waals surface area (Å²) in [5.74, 6) is 0.205. The minimum absolute atomic E-state index is 0.0543. The van der Waals surface area contributed by atoms with E-state index in [2.05, 4.69) is 37.5 Å². The van der Waals surface area contributed by atoms with Crippen LogP contribution in [0.25, 0.3) is 11.5 Å². The molecule has 5 rings (SSSR count). The molecule has 0 atom stereocenters. The van der Waals surface area contributed by atoms with E-state index in [1.807, 2.05) is 54.6 Å². The topological polar surface area (TPSA) is 137 Å². The molecule has 0 aliphatic heterocycles. The number of hydrogen-bond acceptors (Lipinski definition) is 9. The average Bonchev–Trinajstić information content (AvgIpc) is 3.54. The van der Waals surface area contributed by atoms with Gasteiger partial charge in [0.15, 0.2) is 5.69 Å². The van der Waals surface area contributed by atoms with E-state index in [9.17, 15) is 4.79 Å². The Kier molecular flexibility index (Phi) is 5.30. The van der Waals surface area contributed by atoms with Crippen molar-refractivity contribution in [3.05, 3.63) is 83.2 Å². The molecule has 0 spiro atoms. The van der Waals surface area contributed by atoms with Crippen molar-refractivity contribution in [1.82, 2.24) is 36.2 Å². The number of benzene rings is 2. The van der Waals surface area contributed by atoms with Crippen LogP contribution in [-0.4, -0.2) is 31.2 Å². The Balaban J connectivity index is 1.38. The molecule has 2 aromatic carbocycles. The zero-order chi connectivity index (χ0) is 21.9. The summed E-state index contributed by atoms with van der Waals surface area (Å²) >= 11 is 1.53. The molecular formula is C21H18N8O2S. The predicted octanol–water partition coefficient (Wildman–Crippen LogP) is 2.36. The minimum atomic E-state index is -0.430. The van der Waals surface area contributed by atoms with Crippen LogP contribution in [0.3, 0.4) is 0 Å². The molecule has 1 aliphatic carbocycles. The molecule has 160 valence electrons. The van der Waals surface area contributed by atoms with Crippen molar-refractivity contribution >= 4 is 29.2 Å². The van der Waals surface area contributed by atoms with Crippen molar-refractivity contribution in [1.29, 1.82) is 0 Å². The molecule has 0 unspecified atom stereocenters. The number of carbonyl (C=O) groups excluding carboxylic acids is 1. The molecule has 4 N–H and O–H groups in total. The summed E-state index contributed by atoms with van der Waals surface area (Å²) in [5, 5.41) is 15.5. The normalized spacial score (nSPS) is 12.3. The second-order valence-corrected chi connectivity index (χ2v) is 7.98. The number of nitrogens with one attached hydrogen (secondary N) is 2. The van der Waals surface area contributed by atoms with Crippen molar-refractivity contribution < 1.29 is 9.42 Å². The molecular weight excluding hydrogens is 428 g/mol. The van der Waals surface area contributed by atoms with Crippen LogP contribution in [0.4, 0.5) is 5.82 Å². The fourth-order valence-corrected chi connectivity index (χ4v) is 4.28. The van der Waals surface area contributed by atoms with Crippen LogP contribution in [0.5, 0.6) is 0 Å². The maximum Gasteiger partial charge on any atom is 0.292 e. The number of carbonyl (C=O) groups is 1. The molecule has 0 saturated heterocycles. The minimum Gasteiger partial charge on any atom is -0.378 e. The van der Waals surface area contributed by atoms with Gasteiger partial charge in [-0.1, -0.05) is 53.8 Å². The van der Waals surface area contributed by atoms with Gasteiger partial charge in [-0.3, -0.25) is 15.6 Å². The van der Waals surface area contributed by atoms with Gasteiger partial charge in [-0.2, -0.15) is 4.68 Å². The molecule has 0 fully saturated rings. The van der Waals surface area contributed by atoms with E-state index >= 15 is 0 Å². The van der Waals surface area contributed by atoms with Crippen LogP contribution in [-0.2, 0) is 12.2 Å². The summed E-state index contributed by atoms with van der Waals surface area (Å²) < 4.78 is 6.07. The van der Waals surface area contributed by atoms with E-state index < -0.39 is 5.91 Å². The molecule has 0 saturated carbocycles. The molecule has 2 aromatic heterocycles. The van der Waals surface area contributed by atoms with Crippen molar-refractivity contribution in [2.75, 3.05) is 5.73 Å². The largest absolute Gasteiger partial charge is 0.378 e. The number of fused-ring (bicyclic) bond motifs is 1. The average molecular weight is 446 g/mol. The summed E-state index contributed by atoms with van der Waals surface area (Å²) in [6, 6.07) is 17.8. The van der Waals surface area contributed by atoms with Crippen LogP contribution in [0.2, 0.25) is 0 Å². The summed E-state index contributed by atoms with van der Waals surface area (Å²) in [6.07, 6.45) is 2.83. The molecule has 1 amide bonds. The van der Waals surface area contributed by atoms with Crippen LogP contribution in [0.1, 0.15) is 27.3 Å². The third kappa shape index (κ3) is 3.81. The van der Waals surface area contributed by atoms with Gasteiger partial charge in [-0.25, -0.2) is 4.63 Å². The standard InChI is InChI=1S/C21H18N8O2S/c22-19-20(27-31-26-19)29-17(12-32-14-7-2-1-3-8-14)18(24-28-29)21(30)25-23-16-11-10-13-6-4-5-9-15(13)16/h1-9,11,23H,10,12H2,(H2,22,26)(H,25,30). The number of nitrogen functional groups attached to an aromatic ring is 1. The van der Waals surface area contributed by atoms with Crippen LogP contribution in [0.15, 0.2) is 70.2 Å². The number of nitrogens with zero attached hydrogens (tertiary/aromatic N) is 5. The number of rotatable bonds is 7. The van der Waals surface area contributed by atoms with E-state index in [4.69, 9.17) is 10.4 Å². The Bertz CT molecular complexity index is 1300. The number of hydrazine groups is 1. The summed E-state index contributed by atoms with van der Waals surface area (Å²) in [7, 11) is 0. The highest BCUT2D eigenvalue weighted by Gasteiger charge is 2.24. The number of aromatic nitrogens is 5. The van der Waals surface area contributed by atoms with E-state index in [-0.39, 0.29) is 17.3 Å². The Labute approximate surface area is 186 Å². The van der Waals surface area contributed by atoms with Gasteiger partial charge in [0, 0.05) is 16.2 Å². The predicted molar refractivity (Wildman–Crippen MR) is 118 cm³/mol. The zero-order valence-corrected chi connectivity index (χ0v) is 17.5. The fourth-order valence-electron chi connectivity index (χ4n) is 3.37. The first-order valence-corrected chi connectivity index (χ1v) is 10.7. The van der Waals surface area contributed by atoms with Crippen LogP contribution in [0, 0.1) is 0 Å². The molecule has 10 nitrogen and oxygen atoms in total. The van der Waals surface area contributed by atoms with Gasteiger partial charge in [-0.15, -0.1) is 16.9 Å². The van der Waals surface area contributed by atoms with Gasteiger partial charge >= 0.3 is 0 Å². The highest BCUT2D eigenvalue weighted by molar-refractivity contribution is 7.98. The molecule has 4 aromatic rings. The van der Waals surface area contributed by atoms with E-state index in [1.165, 1.54) is 22.0 Å². The quantitative estimate of drug-likeness (QED) is 0.288. The van der Waals surface area contributed by atoms with Crippen molar-refractivity contribution in [3.8, 4) is 5.82 Å². The first-order valence-electron chi connectivity index (χ1n) is 9.76. The lowest BCUT2D eigenvalue weighted by atomic mass is 10.1. The monoisotopic (exact) mass is 446 g/mol. The fraction of sp³-hybridized carbons (Fsp3) is 0.0952. The Morgan fingerprint density at radius 1 is 1.12 bits per heavy atom. The molecule has 32 heavy (non-hydrogen) atoms. The van der Waals surface area contributed by atoms with Crippen LogP contribution >= 0.6 is 11.8 Å². The second-order valence-electron chi connectivity index (χ2n) is 6.93. The number of anilines is 1. The van der Waals surface area contributed by atoms with Crippen molar-refractivity contribution in [2.45, 2.75) is 17.1 Å². The van der Waals surface area contributed by atoms with Gasteiger partial charge in [0.1, 0.15) is 0 Å². The zero-order valence-electron chi connectivity index (χ0n) is 16.7. The van der Waals surface area contributed by atoms with Crippen molar-refractivity contribution in [3.63, 3.8) is 0 Å². The third-order valence-electron chi connectivity index (χ3n) is 4.94. The number of nitrogens with two attached hydrogens (primary N) is 1. The van der Waals surface area contributed by atoms with Gasteiger partial charge in [0.2, 0.25) is 11.6 Å². The smallest absolute Gasteiger partial charge is 0.292 e. The van der Waals surface area contributed by atoms with E-state index in [0.717, 1.165) is 22.6 Å². The molecule has 2 heterocycles. The van der Waals surface area contributed by atoms with Gasteiger partial charge < -0.3 is 5.73 Å². The van der Waals surface area contributed by atoms with Crippen LogP contribution < -0.4 is 16.6 Å². The second kappa shape index (κ2) is 8.55. The first kappa shape index (κ1) is 19.8. The first-order chi connectivity index (χ1) is 15.7. The highest BCUT2D eigenvalue weighted by atomic mass is 32.2. The maximum atomic E-state index is 13.0. The maximum absolute atomic E-state index is 13.0. The lowest BCUT2D eigenvalue weighted by molar-refractivity contribution is 0.0936. The summed E-state index contributed by atoms with van der Waals surface area (Å²) in [4.78, 5) is 14.0. The van der Waals surface area contributed by atoms with Gasteiger partial charge in [0.05, 0.1) is 11.4 Å². The van der Waals surface area contributed by atoms with Gasteiger partial charge in [-0.05, 0) is 34.4 Å². The summed E-state index contributed by atoms with van der Waals surface area (Å²) in [6.45, 7) is 0. The van der Waals surface area contributed by atoms with Gasteiger partial charge in [0.25, 0.3) is 5.91 Å². The number of amides is 1. The SMILES string of the molecule is Nc1nonc1-n1nnc(C(=O)NNC2=CCc3ccccc32)c1CSc1ccccc1. The molecule has 0 bridgehead atoms. The van der Waals surface area contributed by atoms with E-state index in [0.29, 0.717) is 11.4 Å². The summed E-state index contributed by atoms with van der Waals surface area (Å²) in [5.41, 5.74) is 15.3. The van der Waals surface area contributed by atoms with Crippen molar-refractivity contribution in [2.24, 2.45) is 0 Å². The molecule has 0 radical (unpaired) electrons. The highest BCUT2D eigenvalue weighted by Crippen LogP contribution is 2.26. The Morgan fingerprint density at radius 2 is 1.94 bits per heavy atom. The number of allylic oxidation sites excluding steroid dienone is 1. The lowest BCUT2D eigenvalue weighted by Gasteiger charge is -2.11. The third-order valence-corrected chi connectivity index (χ3v) is 5.96. The molecule has 1 aliphatic rings. The number of thioether (sulfide) groups is 1. The Morgan fingerprint density at radius 3 is 2.75 bits per heavy atom. The Hall–Kier alpha value is -4.12. The number of hydrogen-bond donors (Lipinski definition) is 3.